The molecular weight excluding hydrogens is 330 g/mol. The Bertz CT molecular complexity index is 640. The number of esters is 3. The molecule has 0 aliphatic rings. The zero-order valence-corrected chi connectivity index (χ0v) is 15.5. The molecule has 0 saturated heterocycles. The molecular formula is C17H25NO7. The molecule has 0 aliphatic carbocycles. The first-order valence-corrected chi connectivity index (χ1v) is 7.95. The van der Waals surface area contributed by atoms with Gasteiger partial charge in [-0.15, -0.1) is 0 Å². The van der Waals surface area contributed by atoms with Crippen molar-refractivity contribution in [3.63, 3.8) is 0 Å². The van der Waals surface area contributed by atoms with Crippen LogP contribution in [0.15, 0.2) is 4.42 Å². The Hall–Kier alpha value is -2.51. The first-order chi connectivity index (χ1) is 11.7. The second kappa shape index (κ2) is 8.55. The summed E-state index contributed by atoms with van der Waals surface area (Å²) >= 11 is 0. The number of hydrogen-bond acceptors (Lipinski definition) is 8. The van der Waals surface area contributed by atoms with E-state index < -0.39 is 29.2 Å². The third-order valence-electron chi connectivity index (χ3n) is 3.09. The predicted molar refractivity (Wildman–Crippen MR) is 90.0 cm³/mol. The van der Waals surface area contributed by atoms with E-state index in [1.54, 1.807) is 0 Å². The van der Waals surface area contributed by atoms with Crippen molar-refractivity contribution in [2.75, 3.05) is 26.1 Å². The maximum atomic E-state index is 12.3. The highest BCUT2D eigenvalue weighted by molar-refractivity contribution is 6.12. The van der Waals surface area contributed by atoms with Crippen molar-refractivity contribution in [1.82, 2.24) is 0 Å². The molecule has 0 spiro atoms. The Morgan fingerprint density at radius 2 is 1.56 bits per heavy atom. The van der Waals surface area contributed by atoms with Gasteiger partial charge in [-0.3, -0.25) is 0 Å². The largest absolute Gasteiger partial charge is 0.465 e. The number of rotatable bonds is 7. The molecule has 0 saturated carbocycles. The molecule has 0 fully saturated rings. The standard InChI is InChI=1S/C17H25NO7/c1-7-8-9-24-16(21)12-10(14(19)22-5)11(15(20)23-6)13(25-12)18-17(2,3)4/h18H,7-9H2,1-6H3. The van der Waals surface area contributed by atoms with Gasteiger partial charge >= 0.3 is 17.9 Å². The summed E-state index contributed by atoms with van der Waals surface area (Å²) in [6.45, 7) is 7.60. The van der Waals surface area contributed by atoms with E-state index in [-0.39, 0.29) is 23.6 Å². The van der Waals surface area contributed by atoms with Crippen LogP contribution in [0.3, 0.4) is 0 Å². The van der Waals surface area contributed by atoms with Crippen LogP contribution in [0.5, 0.6) is 0 Å². The van der Waals surface area contributed by atoms with Crippen LogP contribution in [0, 0.1) is 0 Å². The Labute approximate surface area is 146 Å². The minimum absolute atomic E-state index is 0.0535. The van der Waals surface area contributed by atoms with E-state index in [9.17, 15) is 14.4 Å². The van der Waals surface area contributed by atoms with Crippen LogP contribution in [0.25, 0.3) is 0 Å². The van der Waals surface area contributed by atoms with Gasteiger partial charge in [-0.05, 0) is 27.2 Å². The smallest absolute Gasteiger partial charge is 0.375 e. The molecule has 0 bridgehead atoms. The van der Waals surface area contributed by atoms with E-state index in [2.05, 4.69) is 10.1 Å². The van der Waals surface area contributed by atoms with E-state index in [1.165, 1.54) is 0 Å². The third kappa shape index (κ3) is 5.23. The molecule has 0 radical (unpaired) electrons. The normalized spacial score (nSPS) is 11.0. The highest BCUT2D eigenvalue weighted by atomic mass is 16.6. The maximum Gasteiger partial charge on any atom is 0.375 e. The van der Waals surface area contributed by atoms with Crippen molar-refractivity contribution in [1.29, 1.82) is 0 Å². The molecule has 8 nitrogen and oxygen atoms in total. The Morgan fingerprint density at radius 1 is 1.00 bits per heavy atom. The summed E-state index contributed by atoms with van der Waals surface area (Å²) in [5.41, 5.74) is -1.02. The Balaban J connectivity index is 3.46. The van der Waals surface area contributed by atoms with Gasteiger partial charge < -0.3 is 23.9 Å². The third-order valence-corrected chi connectivity index (χ3v) is 3.09. The molecule has 1 rings (SSSR count). The molecule has 1 N–H and O–H groups in total. The van der Waals surface area contributed by atoms with Gasteiger partial charge in [0.1, 0.15) is 11.1 Å². The number of hydrogen-bond donors (Lipinski definition) is 1. The number of nitrogens with one attached hydrogen (secondary N) is 1. The second-order valence-corrected chi connectivity index (χ2v) is 6.36. The maximum absolute atomic E-state index is 12.3. The highest BCUT2D eigenvalue weighted by Gasteiger charge is 2.36. The van der Waals surface area contributed by atoms with E-state index in [0.717, 1.165) is 20.6 Å². The SMILES string of the molecule is CCCCOC(=O)c1oc(NC(C)(C)C)c(C(=O)OC)c1C(=O)OC. The highest BCUT2D eigenvalue weighted by Crippen LogP contribution is 2.31. The number of unbranched alkanes of at least 4 members (excludes halogenated alkanes) is 1. The minimum atomic E-state index is -0.895. The topological polar surface area (TPSA) is 104 Å². The lowest BCUT2D eigenvalue weighted by Crippen LogP contribution is -2.27. The molecule has 140 valence electrons. The van der Waals surface area contributed by atoms with Gasteiger partial charge in [-0.25, -0.2) is 14.4 Å². The fraction of sp³-hybridized carbons (Fsp3) is 0.588. The van der Waals surface area contributed by atoms with Crippen LogP contribution < -0.4 is 5.32 Å². The average Bonchev–Trinajstić information content (AvgIpc) is 2.90. The first kappa shape index (κ1) is 20.5. The molecule has 0 atom stereocenters. The average molecular weight is 355 g/mol. The summed E-state index contributed by atoms with van der Waals surface area (Å²) in [6.07, 6.45) is 1.50. The number of carbonyl (C=O) groups is 3. The van der Waals surface area contributed by atoms with E-state index >= 15 is 0 Å². The summed E-state index contributed by atoms with van der Waals surface area (Å²) in [5.74, 6) is -3.02. The molecule has 1 aromatic heterocycles. The van der Waals surface area contributed by atoms with Gasteiger partial charge in [-0.2, -0.15) is 0 Å². The molecule has 0 unspecified atom stereocenters. The second-order valence-electron chi connectivity index (χ2n) is 6.36. The number of anilines is 1. The number of ether oxygens (including phenoxy) is 3. The summed E-state index contributed by atoms with van der Waals surface area (Å²) in [5, 5.41) is 2.94. The van der Waals surface area contributed by atoms with Crippen molar-refractivity contribution in [2.24, 2.45) is 0 Å². The van der Waals surface area contributed by atoms with Crippen LogP contribution in [-0.4, -0.2) is 44.3 Å². The van der Waals surface area contributed by atoms with Crippen molar-refractivity contribution < 1.29 is 33.0 Å². The van der Waals surface area contributed by atoms with E-state index in [0.29, 0.717) is 6.42 Å². The van der Waals surface area contributed by atoms with Gasteiger partial charge in [0.15, 0.2) is 0 Å². The Morgan fingerprint density at radius 3 is 2.04 bits per heavy atom. The van der Waals surface area contributed by atoms with E-state index in [1.807, 2.05) is 27.7 Å². The number of carbonyl (C=O) groups excluding carboxylic acids is 3. The molecule has 1 aromatic rings. The zero-order chi connectivity index (χ0) is 19.2. The lowest BCUT2D eigenvalue weighted by molar-refractivity contribution is 0.0446. The molecule has 0 amide bonds. The van der Waals surface area contributed by atoms with E-state index in [4.69, 9.17) is 13.9 Å². The lowest BCUT2D eigenvalue weighted by atomic mass is 10.1. The van der Waals surface area contributed by atoms with Gasteiger partial charge in [0.05, 0.1) is 20.8 Å². The van der Waals surface area contributed by atoms with Crippen LogP contribution in [-0.2, 0) is 14.2 Å². The van der Waals surface area contributed by atoms with Crippen molar-refractivity contribution in [2.45, 2.75) is 46.1 Å². The molecule has 25 heavy (non-hydrogen) atoms. The van der Waals surface area contributed by atoms with Gasteiger partial charge in [0, 0.05) is 5.54 Å². The lowest BCUT2D eigenvalue weighted by Gasteiger charge is -2.20. The molecule has 0 aliphatic heterocycles. The fourth-order valence-corrected chi connectivity index (χ4v) is 1.97. The Kier molecular flexibility index (Phi) is 7.02. The predicted octanol–water partition coefficient (Wildman–Crippen LogP) is 3.02. The van der Waals surface area contributed by atoms with Gasteiger partial charge in [0.2, 0.25) is 11.6 Å². The van der Waals surface area contributed by atoms with Gasteiger partial charge in [-0.1, -0.05) is 13.3 Å². The summed E-state index contributed by atoms with van der Waals surface area (Å²) in [7, 11) is 2.30. The quantitative estimate of drug-likeness (QED) is 0.452. The number of furan rings is 1. The van der Waals surface area contributed by atoms with Crippen LogP contribution in [0.2, 0.25) is 0 Å². The van der Waals surface area contributed by atoms with Crippen molar-refractivity contribution in [3.05, 3.63) is 16.9 Å². The van der Waals surface area contributed by atoms with Gasteiger partial charge in [0.25, 0.3) is 0 Å². The van der Waals surface area contributed by atoms with Crippen molar-refractivity contribution >= 4 is 23.8 Å². The summed E-state index contributed by atoms with van der Waals surface area (Å²) < 4.78 is 20.0. The minimum Gasteiger partial charge on any atom is -0.465 e. The molecule has 1 heterocycles. The monoisotopic (exact) mass is 355 g/mol. The molecule has 8 heteroatoms. The first-order valence-electron chi connectivity index (χ1n) is 7.95. The summed E-state index contributed by atoms with van der Waals surface area (Å²) in [6, 6.07) is 0. The fourth-order valence-electron chi connectivity index (χ4n) is 1.97. The van der Waals surface area contributed by atoms with Crippen LogP contribution >= 0.6 is 0 Å². The van der Waals surface area contributed by atoms with Crippen molar-refractivity contribution in [3.8, 4) is 0 Å². The molecule has 0 aromatic carbocycles. The van der Waals surface area contributed by atoms with Crippen LogP contribution in [0.1, 0.15) is 71.8 Å². The zero-order valence-electron chi connectivity index (χ0n) is 15.5. The number of methoxy groups -OCH3 is 2. The van der Waals surface area contributed by atoms with Crippen LogP contribution in [0.4, 0.5) is 5.88 Å². The summed E-state index contributed by atoms with van der Waals surface area (Å²) in [4.78, 5) is 36.6.